The van der Waals surface area contributed by atoms with Gasteiger partial charge < -0.3 is 9.88 Å². The normalized spacial score (nSPS) is 12.3. The zero-order valence-electron chi connectivity index (χ0n) is 13.5. The first-order valence-electron chi connectivity index (χ1n) is 7.88. The average molecular weight is 330 g/mol. The Hall–Kier alpha value is -1.85. The first-order chi connectivity index (χ1) is 11.0. The van der Waals surface area contributed by atoms with E-state index in [2.05, 4.69) is 59.3 Å². The molecule has 0 radical (unpaired) electrons. The summed E-state index contributed by atoms with van der Waals surface area (Å²) in [6.07, 6.45) is 1.26. The van der Waals surface area contributed by atoms with Crippen LogP contribution in [0.3, 0.4) is 0 Å². The number of aromatic nitrogens is 1. The predicted octanol–water partition coefficient (Wildman–Crippen LogP) is 2.95. The van der Waals surface area contributed by atoms with Crippen molar-refractivity contribution in [3.63, 3.8) is 0 Å². The number of benzene rings is 2. The summed E-state index contributed by atoms with van der Waals surface area (Å²) in [5, 5.41) is 5.73. The zero-order valence-corrected chi connectivity index (χ0v) is 14.4. The van der Waals surface area contributed by atoms with Gasteiger partial charge in [0, 0.05) is 47.7 Å². The van der Waals surface area contributed by atoms with E-state index in [0.717, 1.165) is 6.54 Å². The van der Waals surface area contributed by atoms with Crippen LogP contribution >= 0.6 is 0 Å². The molecule has 0 unspecified atom stereocenters. The molecular weight excluding hydrogens is 308 g/mol. The van der Waals surface area contributed by atoms with E-state index in [-0.39, 0.29) is 5.75 Å². The topological polar surface area (TPSA) is 51.1 Å². The maximum absolute atomic E-state index is 11.2. The summed E-state index contributed by atoms with van der Waals surface area (Å²) in [7, 11) is -2.91. The van der Waals surface area contributed by atoms with Crippen molar-refractivity contribution in [1.82, 2.24) is 9.88 Å². The van der Waals surface area contributed by atoms with E-state index in [4.69, 9.17) is 0 Å². The van der Waals surface area contributed by atoms with Crippen molar-refractivity contribution in [2.75, 3.05) is 18.6 Å². The Morgan fingerprint density at radius 3 is 2.52 bits per heavy atom. The molecule has 0 amide bonds. The molecule has 5 heteroatoms. The van der Waals surface area contributed by atoms with Crippen molar-refractivity contribution in [2.24, 2.45) is 0 Å². The fraction of sp³-hybridized carbons (Fsp3) is 0.333. The number of hydrogen-bond donors (Lipinski definition) is 1. The fourth-order valence-electron chi connectivity index (χ4n) is 3.04. The van der Waals surface area contributed by atoms with E-state index >= 15 is 0 Å². The Labute approximate surface area is 137 Å². The lowest BCUT2D eigenvalue weighted by Crippen LogP contribution is -2.21. The van der Waals surface area contributed by atoms with Gasteiger partial charge in [0.15, 0.2) is 0 Å². The lowest BCUT2D eigenvalue weighted by Gasteiger charge is -2.06. The van der Waals surface area contributed by atoms with Crippen LogP contribution in [-0.4, -0.2) is 31.5 Å². The second kappa shape index (κ2) is 6.34. The molecule has 0 bridgehead atoms. The second-order valence-electron chi connectivity index (χ2n) is 5.92. The van der Waals surface area contributed by atoms with Crippen LogP contribution < -0.4 is 5.32 Å². The maximum atomic E-state index is 11.2. The lowest BCUT2D eigenvalue weighted by molar-refractivity contribution is 0.596. The van der Waals surface area contributed by atoms with Gasteiger partial charge >= 0.3 is 0 Å². The van der Waals surface area contributed by atoms with Gasteiger partial charge in [0.05, 0.1) is 5.75 Å². The van der Waals surface area contributed by atoms with Crippen LogP contribution in [0.25, 0.3) is 21.8 Å². The van der Waals surface area contributed by atoms with Crippen molar-refractivity contribution >= 4 is 31.6 Å². The summed E-state index contributed by atoms with van der Waals surface area (Å²) in [4.78, 5) is 0. The standard InChI is InChI=1S/C18H22N2O2S/c1-3-20-17-7-5-4-6-15(17)16-12-14(8-9-18(16)20)13-19-10-11-23(2,21)22/h4-9,12,19H,3,10-11,13H2,1-2H3. The highest BCUT2D eigenvalue weighted by atomic mass is 32.2. The number of nitrogens with one attached hydrogen (secondary N) is 1. The smallest absolute Gasteiger partial charge is 0.148 e. The average Bonchev–Trinajstić information content (AvgIpc) is 2.84. The molecule has 0 spiro atoms. The van der Waals surface area contributed by atoms with Crippen LogP contribution in [0.5, 0.6) is 0 Å². The van der Waals surface area contributed by atoms with E-state index in [9.17, 15) is 8.42 Å². The third-order valence-corrected chi connectivity index (χ3v) is 5.08. The molecule has 122 valence electrons. The molecule has 3 aromatic rings. The summed E-state index contributed by atoms with van der Waals surface area (Å²) in [6, 6.07) is 14.9. The van der Waals surface area contributed by atoms with E-state index in [1.165, 1.54) is 33.6 Å². The van der Waals surface area contributed by atoms with Crippen LogP contribution in [0, 0.1) is 0 Å². The van der Waals surface area contributed by atoms with Gasteiger partial charge in [-0.3, -0.25) is 0 Å². The quantitative estimate of drug-likeness (QED) is 0.707. The second-order valence-corrected chi connectivity index (χ2v) is 8.18. The molecule has 0 fully saturated rings. The Balaban J connectivity index is 1.88. The molecular formula is C18H22N2O2S. The molecule has 4 nitrogen and oxygen atoms in total. The van der Waals surface area contributed by atoms with Gasteiger partial charge in [-0.05, 0) is 30.7 Å². The van der Waals surface area contributed by atoms with Crippen LogP contribution in [0.15, 0.2) is 42.5 Å². The molecule has 0 atom stereocenters. The lowest BCUT2D eigenvalue weighted by atomic mass is 10.1. The van der Waals surface area contributed by atoms with Gasteiger partial charge in [0.2, 0.25) is 0 Å². The minimum atomic E-state index is -2.91. The number of aryl methyl sites for hydroxylation is 1. The van der Waals surface area contributed by atoms with Crippen molar-refractivity contribution in [3.8, 4) is 0 Å². The Morgan fingerprint density at radius 2 is 1.78 bits per heavy atom. The van der Waals surface area contributed by atoms with Crippen LogP contribution in [0.2, 0.25) is 0 Å². The molecule has 0 aliphatic rings. The fourth-order valence-corrected chi connectivity index (χ4v) is 3.56. The monoisotopic (exact) mass is 330 g/mol. The van der Waals surface area contributed by atoms with Gasteiger partial charge in [-0.1, -0.05) is 24.3 Å². The van der Waals surface area contributed by atoms with Crippen molar-refractivity contribution < 1.29 is 8.42 Å². The van der Waals surface area contributed by atoms with E-state index in [1.54, 1.807) is 0 Å². The number of nitrogens with zero attached hydrogens (tertiary/aromatic N) is 1. The zero-order chi connectivity index (χ0) is 16.4. The number of rotatable bonds is 6. The Kier molecular flexibility index (Phi) is 4.41. The molecule has 0 saturated heterocycles. The third-order valence-electron chi connectivity index (χ3n) is 4.13. The highest BCUT2D eigenvalue weighted by Crippen LogP contribution is 2.29. The highest BCUT2D eigenvalue weighted by Gasteiger charge is 2.09. The number of hydrogen-bond acceptors (Lipinski definition) is 3. The number of para-hydroxylation sites is 1. The first-order valence-corrected chi connectivity index (χ1v) is 9.94. The van der Waals surface area contributed by atoms with Gasteiger partial charge in [0.25, 0.3) is 0 Å². The van der Waals surface area contributed by atoms with Crippen LogP contribution in [0.4, 0.5) is 0 Å². The van der Waals surface area contributed by atoms with Crippen molar-refractivity contribution in [2.45, 2.75) is 20.0 Å². The van der Waals surface area contributed by atoms with Gasteiger partial charge in [-0.15, -0.1) is 0 Å². The summed E-state index contributed by atoms with van der Waals surface area (Å²) >= 11 is 0. The SMILES string of the molecule is CCn1c2ccccc2c2cc(CNCCS(C)(=O)=O)ccc21. The summed E-state index contributed by atoms with van der Waals surface area (Å²) in [6.45, 7) is 4.26. The molecule has 0 aliphatic carbocycles. The van der Waals surface area contributed by atoms with Crippen molar-refractivity contribution in [3.05, 3.63) is 48.0 Å². The van der Waals surface area contributed by atoms with Gasteiger partial charge in [-0.25, -0.2) is 8.42 Å². The highest BCUT2D eigenvalue weighted by molar-refractivity contribution is 7.90. The summed E-state index contributed by atoms with van der Waals surface area (Å²) in [5.41, 5.74) is 3.67. The minimum absolute atomic E-state index is 0.171. The Bertz CT molecular complexity index is 942. The minimum Gasteiger partial charge on any atom is -0.341 e. The predicted molar refractivity (Wildman–Crippen MR) is 96.5 cm³/mol. The largest absolute Gasteiger partial charge is 0.341 e. The number of sulfone groups is 1. The van der Waals surface area contributed by atoms with Gasteiger partial charge in [0.1, 0.15) is 9.84 Å². The van der Waals surface area contributed by atoms with E-state index < -0.39 is 9.84 Å². The first kappa shape index (κ1) is 16.0. The molecule has 23 heavy (non-hydrogen) atoms. The van der Waals surface area contributed by atoms with Gasteiger partial charge in [-0.2, -0.15) is 0 Å². The molecule has 0 aliphatic heterocycles. The molecule has 0 saturated carbocycles. The van der Waals surface area contributed by atoms with E-state index in [1.807, 2.05) is 0 Å². The summed E-state index contributed by atoms with van der Waals surface area (Å²) < 4.78 is 24.6. The van der Waals surface area contributed by atoms with E-state index in [0.29, 0.717) is 13.1 Å². The number of fused-ring (bicyclic) bond motifs is 3. The van der Waals surface area contributed by atoms with Crippen molar-refractivity contribution in [1.29, 1.82) is 0 Å². The van der Waals surface area contributed by atoms with Crippen LogP contribution in [-0.2, 0) is 22.9 Å². The third kappa shape index (κ3) is 3.41. The van der Waals surface area contributed by atoms with Crippen LogP contribution in [0.1, 0.15) is 12.5 Å². The molecule has 1 N–H and O–H groups in total. The molecule has 2 aromatic carbocycles. The molecule has 1 heterocycles. The molecule has 3 rings (SSSR count). The Morgan fingerprint density at radius 1 is 1.04 bits per heavy atom. The maximum Gasteiger partial charge on any atom is 0.148 e. The summed E-state index contributed by atoms with van der Waals surface area (Å²) in [5.74, 6) is 0.171. The molecule has 1 aromatic heterocycles.